The number of amides is 1. The Morgan fingerprint density at radius 3 is 2.67 bits per heavy atom. The number of carbonyl (C=O) groups excluding carboxylic acids is 2. The van der Waals surface area contributed by atoms with E-state index in [9.17, 15) is 9.59 Å². The molecule has 6 heteroatoms. The lowest BCUT2D eigenvalue weighted by molar-refractivity contribution is -0.141. The van der Waals surface area contributed by atoms with Gasteiger partial charge < -0.3 is 10.1 Å². The fraction of sp³-hybridized carbons (Fsp3) is 0.222. The van der Waals surface area contributed by atoms with Gasteiger partial charge in [0.1, 0.15) is 0 Å². The highest BCUT2D eigenvalue weighted by Crippen LogP contribution is 2.31. The lowest BCUT2D eigenvalue weighted by Crippen LogP contribution is -2.29. The maximum Gasteiger partial charge on any atom is 0.307 e. The second-order valence-corrected chi connectivity index (χ2v) is 7.41. The monoisotopic (exact) mass is 359 g/mol. The highest BCUT2D eigenvalue weighted by Gasteiger charge is 2.23. The van der Waals surface area contributed by atoms with Crippen molar-refractivity contribution in [2.24, 2.45) is 0 Å². The van der Waals surface area contributed by atoms with Gasteiger partial charge in [-0.3, -0.25) is 9.59 Å². The number of hydrogen-bond acceptors (Lipinski definition) is 5. The Labute approximate surface area is 148 Å². The normalized spacial score (nSPS) is 12.1. The summed E-state index contributed by atoms with van der Waals surface area (Å²) in [4.78, 5) is 26.1. The van der Waals surface area contributed by atoms with Gasteiger partial charge in [0.25, 0.3) is 5.91 Å². The number of thiophene rings is 2. The van der Waals surface area contributed by atoms with Crippen LogP contribution in [0.15, 0.2) is 41.8 Å². The summed E-state index contributed by atoms with van der Waals surface area (Å²) in [7, 11) is 1.35. The van der Waals surface area contributed by atoms with E-state index in [0.717, 1.165) is 20.5 Å². The van der Waals surface area contributed by atoms with Crippen LogP contribution < -0.4 is 5.32 Å². The third-order valence-corrected chi connectivity index (χ3v) is 6.10. The maximum atomic E-state index is 12.8. The number of rotatable bonds is 5. The molecule has 1 amide bonds. The van der Waals surface area contributed by atoms with Gasteiger partial charge in [-0.2, -0.15) is 0 Å². The number of methoxy groups -OCH3 is 1. The summed E-state index contributed by atoms with van der Waals surface area (Å²) in [5.41, 5.74) is 0.969. The Kier molecular flexibility index (Phi) is 4.97. The fourth-order valence-electron chi connectivity index (χ4n) is 2.58. The maximum absolute atomic E-state index is 12.8. The number of hydrogen-bond donors (Lipinski definition) is 1. The van der Waals surface area contributed by atoms with Gasteiger partial charge in [0.2, 0.25) is 0 Å². The van der Waals surface area contributed by atoms with Crippen molar-refractivity contribution in [3.05, 3.63) is 57.1 Å². The summed E-state index contributed by atoms with van der Waals surface area (Å²) in [5, 5.41) is 6.00. The van der Waals surface area contributed by atoms with Crippen molar-refractivity contribution < 1.29 is 14.3 Å². The van der Waals surface area contributed by atoms with Crippen molar-refractivity contribution in [1.29, 1.82) is 0 Å². The van der Waals surface area contributed by atoms with Crippen molar-refractivity contribution in [2.45, 2.75) is 19.4 Å². The average molecular weight is 359 g/mol. The van der Waals surface area contributed by atoms with E-state index in [2.05, 4.69) is 5.32 Å². The molecule has 2 heterocycles. The summed E-state index contributed by atoms with van der Waals surface area (Å²) in [6.45, 7) is 1.95. The molecule has 1 aromatic carbocycles. The van der Waals surface area contributed by atoms with Gasteiger partial charge in [-0.05, 0) is 35.4 Å². The molecule has 0 fully saturated rings. The molecule has 24 heavy (non-hydrogen) atoms. The second-order valence-electron chi connectivity index (χ2n) is 5.37. The first-order valence-corrected chi connectivity index (χ1v) is 9.19. The molecular formula is C18H17NO3S2. The summed E-state index contributed by atoms with van der Waals surface area (Å²) in [5.74, 6) is -0.502. The molecular weight excluding hydrogens is 342 g/mol. The number of ether oxygens (including phenoxy) is 1. The molecule has 0 aliphatic rings. The predicted molar refractivity (Wildman–Crippen MR) is 97.7 cm³/mol. The minimum atomic E-state index is -0.380. The number of aryl methyl sites for hydroxylation is 1. The topological polar surface area (TPSA) is 55.4 Å². The van der Waals surface area contributed by atoms with Gasteiger partial charge in [-0.15, -0.1) is 22.7 Å². The van der Waals surface area contributed by atoms with Crippen LogP contribution in [0.2, 0.25) is 0 Å². The Morgan fingerprint density at radius 2 is 2.00 bits per heavy atom. The molecule has 1 unspecified atom stereocenters. The lowest BCUT2D eigenvalue weighted by Gasteiger charge is -2.16. The van der Waals surface area contributed by atoms with Gasteiger partial charge in [0.05, 0.1) is 24.4 Å². The molecule has 0 saturated heterocycles. The number of benzene rings is 1. The van der Waals surface area contributed by atoms with E-state index >= 15 is 0 Å². The summed E-state index contributed by atoms with van der Waals surface area (Å²) in [6, 6.07) is 11.4. The molecule has 0 aliphatic carbocycles. The van der Waals surface area contributed by atoms with Crippen LogP contribution in [0.4, 0.5) is 0 Å². The zero-order valence-electron chi connectivity index (χ0n) is 13.4. The molecule has 3 rings (SSSR count). The number of carbonyl (C=O) groups is 2. The van der Waals surface area contributed by atoms with E-state index in [0.29, 0.717) is 4.88 Å². The highest BCUT2D eigenvalue weighted by molar-refractivity contribution is 7.21. The first-order valence-electron chi connectivity index (χ1n) is 7.49. The molecule has 0 bridgehead atoms. The largest absolute Gasteiger partial charge is 0.469 e. The molecule has 0 aliphatic heterocycles. The number of nitrogens with one attached hydrogen (secondary N) is 1. The van der Waals surface area contributed by atoms with E-state index in [1.165, 1.54) is 29.8 Å². The van der Waals surface area contributed by atoms with Crippen LogP contribution in [0.1, 0.15) is 32.6 Å². The molecule has 4 nitrogen and oxygen atoms in total. The zero-order chi connectivity index (χ0) is 17.1. The zero-order valence-corrected chi connectivity index (χ0v) is 15.0. The lowest BCUT2D eigenvalue weighted by atomic mass is 10.1. The summed E-state index contributed by atoms with van der Waals surface area (Å²) < 4.78 is 5.84. The van der Waals surface area contributed by atoms with Crippen LogP contribution in [0.3, 0.4) is 0 Å². The molecule has 3 aromatic rings. The minimum absolute atomic E-state index is 0.118. The fourth-order valence-corrected chi connectivity index (χ4v) is 4.47. The van der Waals surface area contributed by atoms with Crippen molar-refractivity contribution in [1.82, 2.24) is 5.32 Å². The number of esters is 1. The molecule has 0 saturated carbocycles. The third kappa shape index (κ3) is 3.34. The van der Waals surface area contributed by atoms with E-state index in [4.69, 9.17) is 4.74 Å². The van der Waals surface area contributed by atoms with E-state index in [-0.39, 0.29) is 24.3 Å². The van der Waals surface area contributed by atoms with Crippen LogP contribution in [0, 0.1) is 6.92 Å². The van der Waals surface area contributed by atoms with Crippen LogP contribution in [0.5, 0.6) is 0 Å². The molecule has 124 valence electrons. The predicted octanol–water partition coefficient (Wildman–Crippen LogP) is 4.31. The Morgan fingerprint density at radius 1 is 1.21 bits per heavy atom. The van der Waals surface area contributed by atoms with Crippen LogP contribution in [0.25, 0.3) is 10.1 Å². The van der Waals surface area contributed by atoms with Crippen molar-refractivity contribution >= 4 is 44.6 Å². The van der Waals surface area contributed by atoms with Gasteiger partial charge in [0.15, 0.2) is 0 Å². The average Bonchev–Trinajstić information content (AvgIpc) is 3.23. The third-order valence-electron chi connectivity index (χ3n) is 3.84. The smallest absolute Gasteiger partial charge is 0.307 e. The quantitative estimate of drug-likeness (QED) is 0.691. The molecule has 0 spiro atoms. The second kappa shape index (κ2) is 7.15. The summed E-state index contributed by atoms with van der Waals surface area (Å²) >= 11 is 2.98. The van der Waals surface area contributed by atoms with Crippen LogP contribution in [-0.2, 0) is 9.53 Å². The molecule has 1 atom stereocenters. The van der Waals surface area contributed by atoms with Crippen molar-refractivity contribution in [3.63, 3.8) is 0 Å². The Hall–Kier alpha value is -2.18. The Balaban J connectivity index is 1.87. The van der Waals surface area contributed by atoms with Gasteiger partial charge >= 0.3 is 5.97 Å². The molecule has 2 aromatic heterocycles. The highest BCUT2D eigenvalue weighted by atomic mass is 32.1. The Bertz CT molecular complexity index is 868. The number of fused-ring (bicyclic) bond motifs is 1. The van der Waals surface area contributed by atoms with E-state index in [1.54, 1.807) is 0 Å². The van der Waals surface area contributed by atoms with Crippen molar-refractivity contribution in [3.8, 4) is 0 Å². The van der Waals surface area contributed by atoms with Gasteiger partial charge in [-0.25, -0.2) is 0 Å². The SMILES string of the molecule is COC(=O)CC(NC(=O)c1sc2ccccc2c1C)c1cccs1. The van der Waals surface area contributed by atoms with Gasteiger partial charge in [0, 0.05) is 9.58 Å². The first kappa shape index (κ1) is 16.7. The molecule has 1 N–H and O–H groups in total. The standard InChI is InChI=1S/C18H17NO3S2/c1-11-12-6-3-4-7-14(12)24-17(11)18(21)19-13(10-16(20)22-2)15-8-5-9-23-15/h3-9,13H,10H2,1-2H3,(H,19,21). The van der Waals surface area contributed by atoms with Crippen LogP contribution >= 0.6 is 22.7 Å². The summed E-state index contributed by atoms with van der Waals surface area (Å²) in [6.07, 6.45) is 0.118. The minimum Gasteiger partial charge on any atom is -0.469 e. The first-order chi connectivity index (χ1) is 11.6. The van der Waals surface area contributed by atoms with E-state index in [1.807, 2.05) is 48.7 Å². The van der Waals surface area contributed by atoms with Crippen molar-refractivity contribution in [2.75, 3.05) is 7.11 Å². The van der Waals surface area contributed by atoms with Crippen LogP contribution in [-0.4, -0.2) is 19.0 Å². The van der Waals surface area contributed by atoms with E-state index < -0.39 is 0 Å². The van der Waals surface area contributed by atoms with Gasteiger partial charge in [-0.1, -0.05) is 24.3 Å². The molecule has 0 radical (unpaired) electrons.